The van der Waals surface area contributed by atoms with E-state index in [9.17, 15) is 27.9 Å². The number of nitrogens with one attached hydrogen (secondary N) is 2. The number of fused-ring (bicyclic) bond motifs is 2. The summed E-state index contributed by atoms with van der Waals surface area (Å²) < 4.78 is 47.5. The van der Waals surface area contributed by atoms with E-state index in [0.29, 0.717) is 41.7 Å². The molecular formula is C27H26F3N3O5. The number of benzene rings is 2. The van der Waals surface area contributed by atoms with Crippen LogP contribution < -0.4 is 15.8 Å². The van der Waals surface area contributed by atoms with Crippen molar-refractivity contribution in [3.8, 4) is 5.75 Å². The van der Waals surface area contributed by atoms with Crippen molar-refractivity contribution in [1.82, 2.24) is 15.5 Å². The summed E-state index contributed by atoms with van der Waals surface area (Å²) in [4.78, 5) is 27.7. The molecule has 3 aromatic rings. The van der Waals surface area contributed by atoms with Gasteiger partial charge in [-0.2, -0.15) is 13.2 Å². The van der Waals surface area contributed by atoms with E-state index in [2.05, 4.69) is 20.0 Å². The zero-order chi connectivity index (χ0) is 27.1. The van der Waals surface area contributed by atoms with E-state index < -0.39 is 29.8 Å². The van der Waals surface area contributed by atoms with Crippen LogP contribution in [0.15, 0.2) is 45.7 Å². The second-order valence-corrected chi connectivity index (χ2v) is 9.70. The molecule has 1 aliphatic heterocycles. The molecule has 11 heteroatoms. The molecule has 0 saturated carbocycles. The van der Waals surface area contributed by atoms with Crippen molar-refractivity contribution in [2.45, 2.75) is 57.3 Å². The molecule has 200 valence electrons. The fourth-order valence-corrected chi connectivity index (χ4v) is 5.31. The Morgan fingerprint density at radius 3 is 2.71 bits per heavy atom. The van der Waals surface area contributed by atoms with E-state index in [4.69, 9.17) is 4.74 Å². The van der Waals surface area contributed by atoms with Crippen LogP contribution in [0.3, 0.4) is 0 Å². The van der Waals surface area contributed by atoms with E-state index in [1.165, 1.54) is 0 Å². The summed E-state index contributed by atoms with van der Waals surface area (Å²) in [5.74, 6) is -0.715. The summed E-state index contributed by atoms with van der Waals surface area (Å²) in [5.41, 5.74) is 4.25. The van der Waals surface area contributed by atoms with Crippen molar-refractivity contribution in [2.75, 3.05) is 6.61 Å². The topological polar surface area (TPSA) is 117 Å². The average molecular weight is 530 g/mol. The fraction of sp³-hybridized carbons (Fsp3) is 0.370. The summed E-state index contributed by atoms with van der Waals surface area (Å²) in [6.07, 6.45) is -3.64. The molecular weight excluding hydrogens is 503 g/mol. The molecule has 3 N–H and O–H groups in total. The molecule has 2 aromatic carbocycles. The normalized spacial score (nSPS) is 19.1. The number of aliphatic hydroxyl groups is 1. The van der Waals surface area contributed by atoms with Gasteiger partial charge >= 0.3 is 11.9 Å². The number of aliphatic hydroxyl groups excluding tert-OH is 1. The van der Waals surface area contributed by atoms with Gasteiger partial charge in [0.15, 0.2) is 5.82 Å². The van der Waals surface area contributed by atoms with Crippen molar-refractivity contribution >= 4 is 17.1 Å². The van der Waals surface area contributed by atoms with E-state index >= 15 is 0 Å². The number of amides is 1. The van der Waals surface area contributed by atoms with Gasteiger partial charge in [-0.05, 0) is 77.8 Å². The lowest BCUT2D eigenvalue weighted by Gasteiger charge is -2.38. The molecule has 38 heavy (non-hydrogen) atoms. The number of carbonyl (C=O) groups excluding carboxylic acids is 1. The Bertz CT molecular complexity index is 1470. The molecule has 2 heterocycles. The summed E-state index contributed by atoms with van der Waals surface area (Å²) in [6, 6.07) is 10.9. The van der Waals surface area contributed by atoms with Crippen LogP contribution in [0, 0.1) is 6.92 Å². The first-order valence-electron chi connectivity index (χ1n) is 12.2. The number of aromatic amines is 1. The Kier molecular flexibility index (Phi) is 6.64. The zero-order valence-corrected chi connectivity index (χ0v) is 20.6. The highest BCUT2D eigenvalue weighted by atomic mass is 19.4. The van der Waals surface area contributed by atoms with E-state index in [0.717, 1.165) is 16.7 Å². The van der Waals surface area contributed by atoms with Crippen molar-refractivity contribution in [1.29, 1.82) is 0 Å². The Labute approximate surface area is 215 Å². The van der Waals surface area contributed by atoms with Crippen LogP contribution >= 0.6 is 0 Å². The Hall–Kier alpha value is -3.86. The highest BCUT2D eigenvalue weighted by Gasteiger charge is 2.46. The summed E-state index contributed by atoms with van der Waals surface area (Å²) >= 11 is 0. The van der Waals surface area contributed by atoms with Gasteiger partial charge in [0.05, 0.1) is 24.3 Å². The highest BCUT2D eigenvalue weighted by molar-refractivity contribution is 6.27. The molecule has 0 fully saturated rings. The number of hydrogen-bond donors (Lipinski definition) is 3. The van der Waals surface area contributed by atoms with Crippen LogP contribution in [0.1, 0.15) is 59.3 Å². The van der Waals surface area contributed by atoms with Crippen LogP contribution in [-0.2, 0) is 23.4 Å². The van der Waals surface area contributed by atoms with Crippen molar-refractivity contribution < 1.29 is 32.3 Å². The van der Waals surface area contributed by atoms with Crippen LogP contribution in [0.2, 0.25) is 0 Å². The molecule has 1 aliphatic carbocycles. The number of hydrogen-bond acceptors (Lipinski definition) is 6. The molecule has 1 aromatic heterocycles. The number of ether oxygens (including phenoxy) is 1. The Balaban J connectivity index is 1.49. The third-order valence-electron chi connectivity index (χ3n) is 7.19. The average Bonchev–Trinajstić information content (AvgIpc) is 3.44. The minimum atomic E-state index is -4.22. The number of halogens is 3. The van der Waals surface area contributed by atoms with Crippen molar-refractivity contribution in [3.05, 3.63) is 80.6 Å². The monoisotopic (exact) mass is 529 g/mol. The number of aryl methyl sites for hydroxylation is 2. The van der Waals surface area contributed by atoms with Crippen molar-refractivity contribution in [3.63, 3.8) is 0 Å². The number of carbonyl (C=O) groups is 1. The summed E-state index contributed by atoms with van der Waals surface area (Å²) in [5, 5.41) is 16.7. The van der Waals surface area contributed by atoms with E-state index in [1.807, 2.05) is 37.3 Å². The predicted molar refractivity (Wildman–Crippen MR) is 131 cm³/mol. The molecule has 0 unspecified atom stereocenters. The molecule has 2 aliphatic rings. The minimum absolute atomic E-state index is 0.0179. The van der Waals surface area contributed by atoms with Crippen LogP contribution in [0.5, 0.6) is 5.75 Å². The van der Waals surface area contributed by atoms with Gasteiger partial charge in [-0.3, -0.25) is 14.3 Å². The number of aromatic nitrogens is 2. The lowest BCUT2D eigenvalue weighted by Crippen LogP contribution is -2.48. The molecule has 0 radical (unpaired) electrons. The first-order chi connectivity index (χ1) is 18.1. The summed E-state index contributed by atoms with van der Waals surface area (Å²) in [6.45, 7) is 1.66. The lowest BCUT2D eigenvalue weighted by atomic mass is 9.77. The first kappa shape index (κ1) is 25.8. The lowest BCUT2D eigenvalue weighted by molar-refractivity contribution is -0.136. The van der Waals surface area contributed by atoms with Gasteiger partial charge in [-0.1, -0.05) is 23.4 Å². The number of rotatable bonds is 7. The minimum Gasteiger partial charge on any atom is -0.494 e. The molecule has 0 bridgehead atoms. The maximum atomic E-state index is 13.6. The Morgan fingerprint density at radius 2 is 2.00 bits per heavy atom. The SMILES string of the molecule is Cc1ccc(C2=C(c3noc(=O)[nH]3)C(=O)N[C@]3(CCc4cc(OCCCC(F)(F)F)ccc43)C2)cc1CO. The van der Waals surface area contributed by atoms with E-state index in [1.54, 1.807) is 6.07 Å². The largest absolute Gasteiger partial charge is 0.494 e. The standard InChI is InChI=1S/C27H26F3N3O5/c1-15-3-4-16(11-18(15)14-34)20-13-26(32-24(35)22(20)23-31-25(36)38-33-23)9-7-17-12-19(5-6-21(17)26)37-10-2-8-27(28,29)30/h3-6,11-12,34H,2,7-10,13-14H2,1H3,(H,32,35)(H,31,33,36)/t26-/m1/s1. The molecule has 1 atom stereocenters. The third kappa shape index (κ3) is 4.98. The van der Waals surface area contributed by atoms with Gasteiger partial charge in [0.2, 0.25) is 0 Å². The highest BCUT2D eigenvalue weighted by Crippen LogP contribution is 2.48. The smallest absolute Gasteiger partial charge is 0.439 e. The molecule has 5 rings (SSSR count). The molecule has 1 spiro atoms. The van der Waals surface area contributed by atoms with Gasteiger partial charge in [0.1, 0.15) is 5.75 Å². The van der Waals surface area contributed by atoms with Crippen LogP contribution in [0.4, 0.5) is 13.2 Å². The maximum absolute atomic E-state index is 13.6. The number of H-pyrrole nitrogens is 1. The van der Waals surface area contributed by atoms with Gasteiger partial charge in [0.25, 0.3) is 5.91 Å². The van der Waals surface area contributed by atoms with Crippen LogP contribution in [-0.4, -0.2) is 33.9 Å². The van der Waals surface area contributed by atoms with Crippen molar-refractivity contribution in [2.24, 2.45) is 0 Å². The van der Waals surface area contributed by atoms with Gasteiger partial charge in [0, 0.05) is 12.8 Å². The molecule has 1 amide bonds. The molecule has 8 nitrogen and oxygen atoms in total. The Morgan fingerprint density at radius 1 is 1.18 bits per heavy atom. The van der Waals surface area contributed by atoms with Gasteiger partial charge in [-0.25, -0.2) is 4.79 Å². The number of nitrogens with zero attached hydrogens (tertiary/aromatic N) is 1. The summed E-state index contributed by atoms with van der Waals surface area (Å²) in [7, 11) is 0. The quantitative estimate of drug-likeness (QED) is 0.396. The second-order valence-electron chi connectivity index (χ2n) is 9.70. The predicted octanol–water partition coefficient (Wildman–Crippen LogP) is 4.16. The first-order valence-corrected chi connectivity index (χ1v) is 12.2. The van der Waals surface area contributed by atoms with Gasteiger partial charge in [-0.15, -0.1) is 0 Å². The van der Waals surface area contributed by atoms with Gasteiger partial charge < -0.3 is 15.2 Å². The second kappa shape index (κ2) is 9.79. The zero-order valence-electron chi connectivity index (χ0n) is 20.6. The molecule has 0 saturated heterocycles. The fourth-order valence-electron chi connectivity index (χ4n) is 5.31. The maximum Gasteiger partial charge on any atom is 0.439 e. The third-order valence-corrected chi connectivity index (χ3v) is 7.19. The van der Waals surface area contributed by atoms with E-state index in [-0.39, 0.29) is 31.0 Å². The van der Waals surface area contributed by atoms with Crippen LogP contribution in [0.25, 0.3) is 11.1 Å². The number of alkyl halides is 3.